The molecule has 20 heavy (non-hydrogen) atoms. The molecule has 0 bridgehead atoms. The van der Waals surface area contributed by atoms with Crippen LogP contribution in [-0.2, 0) is 11.3 Å². The number of halogens is 1. The van der Waals surface area contributed by atoms with Gasteiger partial charge in [0.15, 0.2) is 0 Å². The molecule has 0 aliphatic heterocycles. The summed E-state index contributed by atoms with van der Waals surface area (Å²) in [5.74, 6) is 0.516. The summed E-state index contributed by atoms with van der Waals surface area (Å²) in [6.07, 6.45) is 0. The molecule has 0 atom stereocenters. The van der Waals surface area contributed by atoms with E-state index in [9.17, 15) is 4.79 Å². The van der Waals surface area contributed by atoms with Gasteiger partial charge in [-0.1, -0.05) is 0 Å². The lowest BCUT2D eigenvalue weighted by Gasteiger charge is -2.12. The molecule has 1 heterocycles. The first kappa shape index (κ1) is 14.9. The molecule has 1 aromatic carbocycles. The number of rotatable bonds is 5. The number of carbonyl (C=O) groups is 1. The highest BCUT2D eigenvalue weighted by Gasteiger charge is 2.07. The number of nitrogens with one attached hydrogen (secondary N) is 2. The third-order valence-electron chi connectivity index (χ3n) is 2.66. The predicted octanol–water partition coefficient (Wildman–Crippen LogP) is 4.09. The minimum absolute atomic E-state index is 0.119. The lowest BCUT2D eigenvalue weighted by Crippen LogP contribution is -2.07. The molecule has 0 fully saturated rings. The number of anilines is 2. The van der Waals surface area contributed by atoms with E-state index in [4.69, 9.17) is 4.74 Å². The van der Waals surface area contributed by atoms with Crippen molar-refractivity contribution in [3.63, 3.8) is 0 Å². The van der Waals surface area contributed by atoms with Crippen molar-refractivity contribution in [2.75, 3.05) is 17.7 Å². The largest absolute Gasteiger partial charge is 0.494 e. The Morgan fingerprint density at radius 1 is 1.40 bits per heavy atom. The first-order valence-electron chi connectivity index (χ1n) is 6.01. The molecule has 1 amide bonds. The zero-order valence-corrected chi connectivity index (χ0v) is 13.6. The molecule has 2 rings (SSSR count). The van der Waals surface area contributed by atoms with Gasteiger partial charge < -0.3 is 15.4 Å². The maximum atomic E-state index is 11.1. The van der Waals surface area contributed by atoms with E-state index in [-0.39, 0.29) is 5.91 Å². The Morgan fingerprint density at radius 3 is 2.80 bits per heavy atom. The van der Waals surface area contributed by atoms with Crippen molar-refractivity contribution < 1.29 is 9.53 Å². The molecule has 0 aliphatic carbocycles. The summed E-state index contributed by atoms with van der Waals surface area (Å²) in [6, 6.07) is 7.64. The molecule has 2 N–H and O–H groups in total. The van der Waals surface area contributed by atoms with E-state index >= 15 is 0 Å². The van der Waals surface area contributed by atoms with Crippen LogP contribution in [0.4, 0.5) is 11.4 Å². The number of thiophene rings is 1. The second-order valence-electron chi connectivity index (χ2n) is 4.14. The quantitative estimate of drug-likeness (QED) is 0.849. The molecular weight excluding hydrogens is 340 g/mol. The van der Waals surface area contributed by atoms with Crippen LogP contribution in [0.1, 0.15) is 11.8 Å². The standard InChI is InChI=1S/C14H15BrN2O2S/c1-9(18)17-12-4-3-10(7-13(12)19-2)16-8-14-11(15)5-6-20-14/h3-7,16H,8H2,1-2H3,(H,17,18). The summed E-state index contributed by atoms with van der Waals surface area (Å²) in [7, 11) is 1.58. The molecule has 0 saturated heterocycles. The van der Waals surface area contributed by atoms with Crippen LogP contribution in [0, 0.1) is 0 Å². The Bertz CT molecular complexity index is 613. The van der Waals surface area contributed by atoms with Gasteiger partial charge in [0.05, 0.1) is 19.3 Å². The van der Waals surface area contributed by atoms with Crippen LogP contribution in [-0.4, -0.2) is 13.0 Å². The summed E-state index contributed by atoms with van der Waals surface area (Å²) in [5.41, 5.74) is 1.61. The predicted molar refractivity (Wildman–Crippen MR) is 86.6 cm³/mol. The third kappa shape index (κ3) is 3.74. The van der Waals surface area contributed by atoms with Crippen molar-refractivity contribution in [1.82, 2.24) is 0 Å². The number of hydrogen-bond donors (Lipinski definition) is 2. The van der Waals surface area contributed by atoms with E-state index in [1.807, 2.05) is 29.6 Å². The second-order valence-corrected chi connectivity index (χ2v) is 6.00. The van der Waals surface area contributed by atoms with E-state index in [2.05, 4.69) is 26.6 Å². The number of methoxy groups -OCH3 is 1. The van der Waals surface area contributed by atoms with Gasteiger partial charge in [0.25, 0.3) is 0 Å². The van der Waals surface area contributed by atoms with Crippen molar-refractivity contribution in [3.8, 4) is 5.75 Å². The molecule has 4 nitrogen and oxygen atoms in total. The Labute approximate surface area is 130 Å². The fourth-order valence-electron chi connectivity index (χ4n) is 1.73. The van der Waals surface area contributed by atoms with Crippen molar-refractivity contribution in [3.05, 3.63) is 39.0 Å². The van der Waals surface area contributed by atoms with Crippen LogP contribution in [0.5, 0.6) is 5.75 Å². The first-order chi connectivity index (χ1) is 9.60. The summed E-state index contributed by atoms with van der Waals surface area (Å²) in [4.78, 5) is 12.3. The van der Waals surface area contributed by atoms with Gasteiger partial charge in [-0.15, -0.1) is 11.3 Å². The summed E-state index contributed by atoms with van der Waals surface area (Å²) < 4.78 is 6.39. The summed E-state index contributed by atoms with van der Waals surface area (Å²) >= 11 is 5.20. The molecule has 0 aliphatic rings. The van der Waals surface area contributed by atoms with Gasteiger partial charge in [-0.25, -0.2) is 0 Å². The van der Waals surface area contributed by atoms with E-state index in [0.29, 0.717) is 11.4 Å². The Hall–Kier alpha value is -1.53. The summed E-state index contributed by atoms with van der Waals surface area (Å²) in [6.45, 7) is 2.21. The Morgan fingerprint density at radius 2 is 2.20 bits per heavy atom. The van der Waals surface area contributed by atoms with Crippen LogP contribution < -0.4 is 15.4 Å². The van der Waals surface area contributed by atoms with Crippen molar-refractivity contribution in [2.24, 2.45) is 0 Å². The molecule has 0 saturated carbocycles. The highest BCUT2D eigenvalue weighted by Crippen LogP contribution is 2.29. The molecule has 1 aromatic heterocycles. The SMILES string of the molecule is COc1cc(NCc2sccc2Br)ccc1NC(C)=O. The molecule has 106 valence electrons. The van der Waals surface area contributed by atoms with Gasteiger partial charge >= 0.3 is 0 Å². The zero-order chi connectivity index (χ0) is 14.5. The number of hydrogen-bond acceptors (Lipinski definition) is 4. The summed E-state index contributed by atoms with van der Waals surface area (Å²) in [5, 5.41) is 8.11. The minimum atomic E-state index is -0.119. The van der Waals surface area contributed by atoms with Gasteiger partial charge in [0.2, 0.25) is 5.91 Å². The monoisotopic (exact) mass is 354 g/mol. The Kier molecular flexibility index (Phi) is 5.03. The fourth-order valence-corrected chi connectivity index (χ4v) is 3.16. The molecule has 0 spiro atoms. The van der Waals surface area contributed by atoms with Gasteiger partial charge in [0, 0.05) is 28.0 Å². The Balaban J connectivity index is 2.09. The van der Waals surface area contributed by atoms with E-state index in [1.54, 1.807) is 18.4 Å². The highest BCUT2D eigenvalue weighted by molar-refractivity contribution is 9.10. The molecule has 6 heteroatoms. The van der Waals surface area contributed by atoms with Crippen molar-refractivity contribution >= 4 is 44.5 Å². The molecule has 2 aromatic rings. The molecule has 0 unspecified atom stereocenters. The fraction of sp³-hybridized carbons (Fsp3) is 0.214. The van der Waals surface area contributed by atoms with E-state index < -0.39 is 0 Å². The maximum Gasteiger partial charge on any atom is 0.221 e. The number of ether oxygens (including phenoxy) is 1. The van der Waals surface area contributed by atoms with Crippen molar-refractivity contribution in [2.45, 2.75) is 13.5 Å². The lowest BCUT2D eigenvalue weighted by molar-refractivity contribution is -0.114. The number of carbonyl (C=O) groups excluding carboxylic acids is 1. The van der Waals surface area contributed by atoms with Gasteiger partial charge in [0.1, 0.15) is 5.75 Å². The van der Waals surface area contributed by atoms with Crippen LogP contribution in [0.3, 0.4) is 0 Å². The smallest absolute Gasteiger partial charge is 0.221 e. The van der Waals surface area contributed by atoms with E-state index in [0.717, 1.165) is 16.7 Å². The van der Waals surface area contributed by atoms with Gasteiger partial charge in [-0.3, -0.25) is 4.79 Å². The zero-order valence-electron chi connectivity index (χ0n) is 11.2. The van der Waals surface area contributed by atoms with Gasteiger partial charge in [-0.2, -0.15) is 0 Å². The first-order valence-corrected chi connectivity index (χ1v) is 7.69. The molecule has 0 radical (unpaired) electrons. The maximum absolute atomic E-state index is 11.1. The second kappa shape index (κ2) is 6.76. The van der Waals surface area contributed by atoms with Crippen molar-refractivity contribution in [1.29, 1.82) is 0 Å². The number of benzene rings is 1. The highest BCUT2D eigenvalue weighted by atomic mass is 79.9. The van der Waals surface area contributed by atoms with Crippen LogP contribution in [0.25, 0.3) is 0 Å². The lowest BCUT2D eigenvalue weighted by atomic mass is 10.2. The van der Waals surface area contributed by atoms with Crippen LogP contribution in [0.2, 0.25) is 0 Å². The number of amides is 1. The van der Waals surface area contributed by atoms with E-state index in [1.165, 1.54) is 11.8 Å². The third-order valence-corrected chi connectivity index (χ3v) is 4.58. The molecular formula is C14H15BrN2O2S. The van der Waals surface area contributed by atoms with Crippen LogP contribution >= 0.6 is 27.3 Å². The normalized spacial score (nSPS) is 10.2. The topological polar surface area (TPSA) is 50.4 Å². The average molecular weight is 355 g/mol. The average Bonchev–Trinajstić information content (AvgIpc) is 2.82. The van der Waals surface area contributed by atoms with Crippen LogP contribution in [0.15, 0.2) is 34.1 Å². The van der Waals surface area contributed by atoms with Gasteiger partial charge in [-0.05, 0) is 39.5 Å². The minimum Gasteiger partial charge on any atom is -0.494 e.